The molecule has 0 aromatic heterocycles. The first-order valence-corrected chi connectivity index (χ1v) is 17.0. The second-order valence-corrected chi connectivity index (χ2v) is 12.7. The second kappa shape index (κ2) is 13.6. The summed E-state index contributed by atoms with van der Waals surface area (Å²) < 4.78 is 0. The van der Waals surface area contributed by atoms with Crippen LogP contribution < -0.4 is 20.9 Å². The summed E-state index contributed by atoms with van der Waals surface area (Å²) >= 11 is 0. The van der Waals surface area contributed by atoms with E-state index in [1.54, 1.807) is 0 Å². The molecule has 6 aromatic rings. The van der Waals surface area contributed by atoms with Gasteiger partial charge in [0.25, 0.3) is 0 Å². The molecule has 0 spiro atoms. The minimum atomic E-state index is -0.148. The fraction of sp³-hybridized carbons (Fsp3) is 0.143. The molecular weight excluding hydrogens is 624 g/mol. The van der Waals surface area contributed by atoms with Crippen molar-refractivity contribution in [2.45, 2.75) is 37.8 Å². The maximum Gasteiger partial charge on any atom is 2.00 e. The van der Waals surface area contributed by atoms with E-state index in [-0.39, 0.29) is 37.0 Å². The summed E-state index contributed by atoms with van der Waals surface area (Å²) in [6.07, 6.45) is 12.0. The van der Waals surface area contributed by atoms with Crippen molar-refractivity contribution >= 4 is 55.4 Å². The maximum atomic E-state index is 3.66. The maximum absolute atomic E-state index is 3.66. The second-order valence-electron chi connectivity index (χ2n) is 11.7. The molecule has 0 saturated carbocycles. The van der Waals surface area contributed by atoms with Crippen LogP contribution in [0.1, 0.15) is 25.0 Å². The minimum Gasteiger partial charge on any atom is -0.189 e. The van der Waals surface area contributed by atoms with Crippen molar-refractivity contribution < 1.29 is 26.2 Å². The fourth-order valence-electron chi connectivity index (χ4n) is 6.37. The number of rotatable bonds is 2. The Morgan fingerprint density at radius 2 is 0.795 bits per heavy atom. The van der Waals surface area contributed by atoms with Gasteiger partial charge in [-0.15, -0.1) is 46.9 Å². The molecule has 2 aliphatic carbocycles. The van der Waals surface area contributed by atoms with Crippen molar-refractivity contribution in [3.8, 4) is 0 Å². The van der Waals surface area contributed by atoms with Gasteiger partial charge in [0.15, 0.2) is 0 Å². The molecule has 0 fully saturated rings. The summed E-state index contributed by atoms with van der Waals surface area (Å²) in [7, 11) is 1.08. The number of benzene rings is 6. The van der Waals surface area contributed by atoms with Gasteiger partial charge in [-0.05, 0) is 43.5 Å². The molecule has 8 rings (SSSR count). The Morgan fingerprint density at radius 3 is 1.20 bits per heavy atom. The zero-order valence-electron chi connectivity index (χ0n) is 25.9. The molecule has 2 atom stereocenters. The Morgan fingerprint density at radius 1 is 0.455 bits per heavy atom. The predicted octanol–water partition coefficient (Wildman–Crippen LogP) is 7.28. The van der Waals surface area contributed by atoms with Crippen LogP contribution in [-0.2, 0) is 37.0 Å². The summed E-state index contributed by atoms with van der Waals surface area (Å²) in [4.78, 5) is 0. The van der Waals surface area contributed by atoms with E-state index in [1.807, 2.05) is 0 Å². The summed E-state index contributed by atoms with van der Waals surface area (Å²) in [6, 6.07) is 47.2. The van der Waals surface area contributed by atoms with E-state index in [0.717, 1.165) is 9.52 Å². The molecule has 0 aliphatic heterocycles. The van der Waals surface area contributed by atoms with E-state index in [0.29, 0.717) is 0 Å². The smallest absolute Gasteiger partial charge is 0.189 e. The Bertz CT molecular complexity index is 1940. The Balaban J connectivity index is 0.000000157. The van der Waals surface area contributed by atoms with Gasteiger partial charge in [0.2, 0.25) is 0 Å². The van der Waals surface area contributed by atoms with Crippen LogP contribution in [0.4, 0.5) is 0 Å². The molecule has 6 aromatic carbocycles. The third-order valence-electron chi connectivity index (χ3n) is 8.30. The third-order valence-corrected chi connectivity index (χ3v) is 8.30. The van der Waals surface area contributed by atoms with Crippen LogP contribution in [-0.4, -0.2) is 9.52 Å². The minimum absolute atomic E-state index is 0. The molecule has 0 heterocycles. The zero-order valence-corrected chi connectivity index (χ0v) is 29.3. The summed E-state index contributed by atoms with van der Waals surface area (Å²) in [5, 5.41) is 10.2. The van der Waals surface area contributed by atoms with E-state index in [4.69, 9.17) is 0 Å². The van der Waals surface area contributed by atoms with Crippen LogP contribution in [0, 0.1) is 0 Å². The van der Waals surface area contributed by atoms with Crippen LogP contribution >= 0.6 is 0 Å². The van der Waals surface area contributed by atoms with Crippen LogP contribution in [0.2, 0.25) is 13.1 Å². The molecule has 212 valence electrons. The average Bonchev–Trinajstić information content (AvgIpc) is 3.58. The first-order valence-electron chi connectivity index (χ1n) is 15.0. The van der Waals surface area contributed by atoms with Crippen molar-refractivity contribution in [3.63, 3.8) is 0 Å². The fourth-order valence-corrected chi connectivity index (χ4v) is 6.37. The molecule has 2 heteroatoms. The topological polar surface area (TPSA) is 0 Å². The number of hydrogen-bond donors (Lipinski definition) is 0. The van der Waals surface area contributed by atoms with Gasteiger partial charge in [-0.3, -0.25) is 0 Å². The van der Waals surface area contributed by atoms with Crippen molar-refractivity contribution in [3.05, 3.63) is 165 Å². The number of fused-ring (bicyclic) bond motifs is 4. The molecule has 0 saturated heterocycles. The standard InChI is InChI=1S/2C20H15.C2H6Si.Zr/c2*1-20(13-16-8-2-3-9-17(16)14-20)19-12-6-10-15-7-4-5-11-18(15)19;1-3-2;/h2*2-13H,1H3;1-2H3;/q2*-1;;+2. The summed E-state index contributed by atoms with van der Waals surface area (Å²) in [5.41, 5.74) is 2.35. The zero-order chi connectivity index (χ0) is 29.9. The van der Waals surface area contributed by atoms with Crippen molar-refractivity contribution in [1.82, 2.24) is 0 Å². The molecule has 2 aliphatic rings. The summed E-state index contributed by atoms with van der Waals surface area (Å²) in [6.45, 7) is 8.80. The molecule has 0 amide bonds. The third kappa shape index (κ3) is 6.30. The Labute approximate surface area is 283 Å². The average molecular weight is 660 g/mol. The molecule has 44 heavy (non-hydrogen) atoms. The largest absolute Gasteiger partial charge is 2.00 e. The van der Waals surface area contributed by atoms with Crippen molar-refractivity contribution in [2.75, 3.05) is 0 Å². The van der Waals surface area contributed by atoms with Gasteiger partial charge in [0.1, 0.15) is 0 Å². The molecule has 2 unspecified atom stereocenters. The molecule has 0 nitrogen and oxygen atoms in total. The summed E-state index contributed by atoms with van der Waals surface area (Å²) in [5.74, 6) is 0. The van der Waals surface area contributed by atoms with Crippen LogP contribution in [0.15, 0.2) is 133 Å². The van der Waals surface area contributed by atoms with Crippen molar-refractivity contribution in [1.29, 1.82) is 0 Å². The van der Waals surface area contributed by atoms with Gasteiger partial charge in [-0.2, -0.15) is 34.7 Å². The van der Waals surface area contributed by atoms with Gasteiger partial charge in [0, 0.05) is 9.52 Å². The van der Waals surface area contributed by atoms with Gasteiger partial charge in [0.05, 0.1) is 0 Å². The van der Waals surface area contributed by atoms with E-state index >= 15 is 0 Å². The van der Waals surface area contributed by atoms with E-state index < -0.39 is 0 Å². The van der Waals surface area contributed by atoms with E-state index in [1.165, 1.54) is 53.5 Å². The van der Waals surface area contributed by atoms with E-state index in [2.05, 4.69) is 185 Å². The van der Waals surface area contributed by atoms with Crippen LogP contribution in [0.25, 0.3) is 45.8 Å². The van der Waals surface area contributed by atoms with Gasteiger partial charge >= 0.3 is 26.2 Å². The molecular formula is C42H36SiZr. The Kier molecular flexibility index (Phi) is 9.84. The van der Waals surface area contributed by atoms with Crippen LogP contribution in [0.5, 0.6) is 0 Å². The van der Waals surface area contributed by atoms with Gasteiger partial charge in [-0.25, -0.2) is 0 Å². The predicted molar refractivity (Wildman–Crippen MR) is 187 cm³/mol. The first-order chi connectivity index (χ1) is 20.9. The Hall–Kier alpha value is -3.58. The van der Waals surface area contributed by atoms with Crippen molar-refractivity contribution in [2.24, 2.45) is 0 Å². The quantitative estimate of drug-likeness (QED) is 0.135. The monoisotopic (exact) mass is 658 g/mol. The first kappa shape index (κ1) is 31.8. The van der Waals surface area contributed by atoms with Gasteiger partial charge < -0.3 is 0 Å². The van der Waals surface area contributed by atoms with Gasteiger partial charge in [-0.1, -0.05) is 124 Å². The van der Waals surface area contributed by atoms with Crippen LogP contribution in [0.3, 0.4) is 0 Å². The normalized spacial score (nSPS) is 18.8. The SMILES string of the molecule is CC1(c2cccc3ccccc23)[C-]=c2ccccc2=C1.CC1(c2cccc3ccccc23)[C-]=c2ccccc2=C1.C[Si]C.[Zr+2]. The number of hydrogen-bond acceptors (Lipinski definition) is 0. The van der Waals surface area contributed by atoms with E-state index in [9.17, 15) is 0 Å². The molecule has 2 radical (unpaired) electrons. The molecule has 0 bridgehead atoms. The molecule has 0 N–H and O–H groups in total.